The van der Waals surface area contributed by atoms with Crippen molar-refractivity contribution < 1.29 is 45.2 Å². The van der Waals surface area contributed by atoms with Gasteiger partial charge >= 0.3 is 146 Å². The van der Waals surface area contributed by atoms with Gasteiger partial charge in [0.15, 0.2) is 0 Å². The Bertz CT molecular complexity index is 520. The van der Waals surface area contributed by atoms with Crippen molar-refractivity contribution in [2.45, 2.75) is 78.3 Å². The summed E-state index contributed by atoms with van der Waals surface area (Å²) < 4.78 is 3.81. The van der Waals surface area contributed by atoms with Crippen LogP contribution in [0.3, 0.4) is 0 Å². The third-order valence-electron chi connectivity index (χ3n) is 4.67. The van der Waals surface area contributed by atoms with Crippen LogP contribution in [0.15, 0.2) is 42.0 Å². The fourth-order valence-electron chi connectivity index (χ4n) is 3.47. The SMILES string of the molecule is CCCCC1=CC[C]([Zr+2]([C]2=CC(CCCC)=CC2)=[Si](C)C)=C1.[Cl-].[Cl-]. The van der Waals surface area contributed by atoms with Crippen molar-refractivity contribution in [3.8, 4) is 0 Å². The van der Waals surface area contributed by atoms with E-state index in [9.17, 15) is 0 Å². The van der Waals surface area contributed by atoms with Crippen LogP contribution in [0.4, 0.5) is 0 Å². The van der Waals surface area contributed by atoms with Crippen LogP contribution in [0, 0.1) is 0 Å². The fraction of sp³-hybridized carbons (Fsp3) is 0.600. The van der Waals surface area contributed by atoms with E-state index in [4.69, 9.17) is 0 Å². The summed E-state index contributed by atoms with van der Waals surface area (Å²) in [7, 11) is 0. The van der Waals surface area contributed by atoms with E-state index in [1.165, 1.54) is 51.4 Å². The molecule has 0 N–H and O–H groups in total. The molecule has 0 unspecified atom stereocenters. The first kappa shape index (κ1) is 24.6. The molecule has 0 saturated heterocycles. The molecule has 0 spiro atoms. The van der Waals surface area contributed by atoms with Gasteiger partial charge in [-0.3, -0.25) is 0 Å². The summed E-state index contributed by atoms with van der Waals surface area (Å²) in [4.78, 5) is 0. The Kier molecular flexibility index (Phi) is 13.3. The molecule has 0 nitrogen and oxygen atoms in total. The molecular weight excluding hydrogens is 430 g/mol. The van der Waals surface area contributed by atoms with Gasteiger partial charge in [-0.1, -0.05) is 0 Å². The van der Waals surface area contributed by atoms with E-state index in [0.717, 1.165) is 0 Å². The van der Waals surface area contributed by atoms with Crippen molar-refractivity contribution in [2.75, 3.05) is 0 Å². The van der Waals surface area contributed by atoms with Crippen LogP contribution < -0.4 is 24.8 Å². The molecule has 0 aromatic heterocycles. The van der Waals surface area contributed by atoms with Gasteiger partial charge in [-0.2, -0.15) is 0 Å². The summed E-state index contributed by atoms with van der Waals surface area (Å²) in [5.74, 6) is 0. The molecule has 0 amide bonds. The Hall–Kier alpha value is 0.640. The van der Waals surface area contributed by atoms with Crippen LogP contribution in [-0.2, 0) is 20.4 Å². The molecule has 24 heavy (non-hydrogen) atoms. The summed E-state index contributed by atoms with van der Waals surface area (Å²) in [6, 6.07) is 0. The van der Waals surface area contributed by atoms with Crippen molar-refractivity contribution in [2.24, 2.45) is 0 Å². The molecule has 0 aromatic rings. The average molecular weight is 463 g/mol. The number of allylic oxidation sites excluding steroid dienone is 8. The largest absolute Gasteiger partial charge is 1.00 e. The first-order valence-electron chi connectivity index (χ1n) is 9.13. The summed E-state index contributed by atoms with van der Waals surface area (Å²) in [5, 5.41) is 0. The van der Waals surface area contributed by atoms with E-state index in [1.807, 2.05) is 6.56 Å². The van der Waals surface area contributed by atoms with E-state index in [-0.39, 0.29) is 30.2 Å². The molecule has 0 heterocycles. The monoisotopic (exact) mass is 460 g/mol. The minimum Gasteiger partial charge on any atom is -1.00 e. The van der Waals surface area contributed by atoms with Gasteiger partial charge in [0.1, 0.15) is 0 Å². The van der Waals surface area contributed by atoms with Crippen molar-refractivity contribution in [1.29, 1.82) is 0 Å². The van der Waals surface area contributed by atoms with E-state index in [0.29, 0.717) is 0 Å². The minimum atomic E-state index is -1.50. The zero-order valence-corrected chi connectivity index (χ0v) is 20.7. The third kappa shape index (κ3) is 7.10. The number of hydrogen-bond donors (Lipinski definition) is 0. The normalized spacial score (nSPS) is 15.3. The minimum absolute atomic E-state index is 0. The van der Waals surface area contributed by atoms with Crippen LogP contribution in [-0.4, -0.2) is 5.43 Å². The van der Waals surface area contributed by atoms with Crippen molar-refractivity contribution >= 4 is 5.43 Å². The summed E-state index contributed by atoms with van der Waals surface area (Å²) in [6.07, 6.45) is 20.9. The van der Waals surface area contributed by atoms with Gasteiger partial charge in [0.05, 0.1) is 0 Å². The Morgan fingerprint density at radius 2 is 1.25 bits per heavy atom. The molecule has 2 aliphatic rings. The number of halogens is 2. The molecule has 4 heteroatoms. The van der Waals surface area contributed by atoms with E-state index < -0.39 is 20.4 Å². The van der Waals surface area contributed by atoms with Gasteiger partial charge in [0.2, 0.25) is 0 Å². The molecule has 134 valence electrons. The van der Waals surface area contributed by atoms with Crippen LogP contribution >= 0.6 is 0 Å². The van der Waals surface area contributed by atoms with E-state index >= 15 is 0 Å². The second kappa shape index (κ2) is 12.9. The molecule has 2 aliphatic carbocycles. The summed E-state index contributed by atoms with van der Waals surface area (Å²) >= 11 is -1.50. The van der Waals surface area contributed by atoms with Gasteiger partial charge in [-0.05, 0) is 0 Å². The van der Waals surface area contributed by atoms with Gasteiger partial charge < -0.3 is 24.8 Å². The Morgan fingerprint density at radius 3 is 1.58 bits per heavy atom. The zero-order valence-electron chi connectivity index (χ0n) is 15.7. The Balaban J connectivity index is 0.00000264. The standard InChI is InChI=1S/2C9H13.C2H6Si.2ClH.Zr/c2*1-2-3-6-9-7-4-5-8-9;1-3-2;;;/h2*7-8H,2-4,6H2,1H3;1-2H3;2*1H;/q;;;;;+2/p-2. The van der Waals surface area contributed by atoms with E-state index in [1.54, 1.807) is 11.1 Å². The third-order valence-corrected chi connectivity index (χ3v) is 21.7. The van der Waals surface area contributed by atoms with Crippen LogP contribution in [0.5, 0.6) is 0 Å². The number of unbranched alkanes of at least 4 members (excludes halogenated alkanes) is 2. The Morgan fingerprint density at radius 1 is 0.833 bits per heavy atom. The fourth-order valence-corrected chi connectivity index (χ4v) is 20.4. The zero-order chi connectivity index (χ0) is 15.9. The van der Waals surface area contributed by atoms with Crippen molar-refractivity contribution in [3.63, 3.8) is 0 Å². The first-order valence-corrected chi connectivity index (χ1v) is 17.8. The van der Waals surface area contributed by atoms with Gasteiger partial charge in [0.25, 0.3) is 0 Å². The molecule has 0 saturated carbocycles. The topological polar surface area (TPSA) is 0 Å². The van der Waals surface area contributed by atoms with Crippen molar-refractivity contribution in [1.82, 2.24) is 0 Å². The molecule has 0 aliphatic heterocycles. The van der Waals surface area contributed by atoms with Gasteiger partial charge in [0, 0.05) is 0 Å². The van der Waals surface area contributed by atoms with Crippen LogP contribution in [0.1, 0.15) is 65.2 Å². The quantitative estimate of drug-likeness (QED) is 0.466. The van der Waals surface area contributed by atoms with E-state index in [2.05, 4.69) is 51.2 Å². The second-order valence-electron chi connectivity index (χ2n) is 6.89. The predicted molar refractivity (Wildman–Crippen MR) is 98.1 cm³/mol. The summed E-state index contributed by atoms with van der Waals surface area (Å²) in [6.45, 7) is 9.76. The average Bonchev–Trinajstić information content (AvgIpc) is 3.13. The smallest absolute Gasteiger partial charge is 1.00 e. The Labute approximate surface area is 170 Å². The maximum Gasteiger partial charge on any atom is -1.00 e. The van der Waals surface area contributed by atoms with Crippen LogP contribution in [0.25, 0.3) is 0 Å². The number of hydrogen-bond acceptors (Lipinski definition) is 0. The van der Waals surface area contributed by atoms with Gasteiger partial charge in [-0.15, -0.1) is 0 Å². The first-order chi connectivity index (χ1) is 10.7. The molecule has 0 fully saturated rings. The molecule has 2 rings (SSSR count). The molecule has 0 aromatic carbocycles. The summed E-state index contributed by atoms with van der Waals surface area (Å²) in [5.41, 5.74) is 3.17. The van der Waals surface area contributed by atoms with Crippen molar-refractivity contribution in [3.05, 3.63) is 42.0 Å². The number of rotatable bonds is 8. The maximum atomic E-state index is 2.63. The molecule has 0 bridgehead atoms. The second-order valence-corrected chi connectivity index (χ2v) is 24.2. The maximum absolute atomic E-state index is 2.63. The van der Waals surface area contributed by atoms with Gasteiger partial charge in [-0.25, -0.2) is 0 Å². The molecule has 0 radical (unpaired) electrons. The molecular formula is C20H32Cl2SiZr. The predicted octanol–water partition coefficient (Wildman–Crippen LogP) is 0.672. The van der Waals surface area contributed by atoms with Crippen LogP contribution in [0.2, 0.25) is 13.1 Å². The molecule has 0 atom stereocenters.